The highest BCUT2D eigenvalue weighted by Crippen LogP contribution is 2.13. The predicted octanol–water partition coefficient (Wildman–Crippen LogP) is 7.70. The number of benzene rings is 2. The highest BCUT2D eigenvalue weighted by molar-refractivity contribution is 6.89. The van der Waals surface area contributed by atoms with Gasteiger partial charge < -0.3 is 4.98 Å². The topological polar surface area (TPSA) is 28.7 Å². The van der Waals surface area contributed by atoms with Gasteiger partial charge in [0, 0.05) is 5.69 Å². The van der Waals surface area contributed by atoms with E-state index in [1.165, 1.54) is 80.1 Å². The molecular formula is C32H47BN2. The van der Waals surface area contributed by atoms with E-state index in [1.807, 2.05) is 6.33 Å². The average molecular weight is 471 g/mol. The normalized spacial score (nSPS) is 11.0. The van der Waals surface area contributed by atoms with Crippen molar-refractivity contribution < 1.29 is 0 Å². The molecule has 0 unspecified atom stereocenters. The minimum atomic E-state index is 0.356. The molecule has 0 saturated carbocycles. The Labute approximate surface area is 215 Å². The maximum absolute atomic E-state index is 4.46. The van der Waals surface area contributed by atoms with Crippen molar-refractivity contribution >= 4 is 17.6 Å². The number of nitrogens with one attached hydrogen (secondary N) is 1. The van der Waals surface area contributed by atoms with Crippen molar-refractivity contribution in [3.63, 3.8) is 0 Å². The minimum Gasteiger partial charge on any atom is -0.348 e. The number of hydrogen-bond donors (Lipinski definition) is 1. The number of aryl methyl sites for hydroxylation is 2. The third kappa shape index (κ3) is 11.6. The Morgan fingerprint density at radius 3 is 1.80 bits per heavy atom. The van der Waals surface area contributed by atoms with E-state index in [1.54, 1.807) is 0 Å². The number of allylic oxidation sites excluding steroid dienone is 1. The molecule has 0 radical (unpaired) electrons. The van der Waals surface area contributed by atoms with E-state index >= 15 is 0 Å². The van der Waals surface area contributed by atoms with Crippen LogP contribution in [-0.2, 0) is 12.8 Å². The Kier molecular flexibility index (Phi) is 14.6. The van der Waals surface area contributed by atoms with Gasteiger partial charge in [0.15, 0.2) is 0 Å². The zero-order valence-corrected chi connectivity index (χ0v) is 22.7. The highest BCUT2D eigenvalue weighted by atomic mass is 14.9. The van der Waals surface area contributed by atoms with Crippen LogP contribution >= 0.6 is 0 Å². The molecule has 0 spiro atoms. The molecule has 0 bridgehead atoms. The number of hydrogen-bond acceptors (Lipinski definition) is 1. The van der Waals surface area contributed by atoms with E-state index in [0.717, 1.165) is 6.42 Å². The van der Waals surface area contributed by atoms with Crippen molar-refractivity contribution in [3.05, 3.63) is 90.4 Å². The Balaban J connectivity index is 0.000000247. The second kappa shape index (κ2) is 17.8. The summed E-state index contributed by atoms with van der Waals surface area (Å²) in [6.07, 6.45) is 17.1. The summed E-state index contributed by atoms with van der Waals surface area (Å²) in [5.74, 6) is 2.90. The van der Waals surface area contributed by atoms with Gasteiger partial charge in [-0.05, 0) is 31.6 Å². The molecule has 0 fully saturated rings. The Bertz CT molecular complexity index is 849. The third-order valence-corrected chi connectivity index (χ3v) is 6.36. The van der Waals surface area contributed by atoms with Gasteiger partial charge in [0.2, 0.25) is 6.71 Å². The molecule has 0 amide bonds. The first-order valence-corrected chi connectivity index (χ1v) is 13.9. The van der Waals surface area contributed by atoms with Crippen LogP contribution in [0.15, 0.2) is 79.0 Å². The second-order valence-corrected chi connectivity index (χ2v) is 9.88. The molecule has 3 aromatic rings. The van der Waals surface area contributed by atoms with E-state index in [0.29, 0.717) is 12.6 Å². The Morgan fingerprint density at radius 2 is 1.29 bits per heavy atom. The summed E-state index contributed by atoms with van der Waals surface area (Å²) in [6, 6.07) is 21.3. The summed E-state index contributed by atoms with van der Waals surface area (Å²) in [5, 5.41) is 0. The van der Waals surface area contributed by atoms with Crippen LogP contribution in [0.4, 0.5) is 0 Å². The van der Waals surface area contributed by atoms with E-state index in [4.69, 9.17) is 0 Å². The summed E-state index contributed by atoms with van der Waals surface area (Å²) < 4.78 is 0. The summed E-state index contributed by atoms with van der Waals surface area (Å²) in [6.45, 7) is 9.30. The van der Waals surface area contributed by atoms with Crippen molar-refractivity contribution in [1.82, 2.24) is 9.97 Å². The molecule has 1 heterocycles. The number of aromatic nitrogens is 2. The fraction of sp³-hybridized carbons (Fsp3) is 0.469. The van der Waals surface area contributed by atoms with Crippen molar-refractivity contribution in [2.75, 3.05) is 0 Å². The number of imidazole rings is 1. The van der Waals surface area contributed by atoms with E-state index in [9.17, 15) is 0 Å². The standard InChI is InChI=1S/C17H19B.C15H28N2/c1-15(2)13-14-18(16-9-5-3-6-10-16)17-11-7-4-8-12-17;1-3-5-7-9-11-14-15(17-13-16-14)12-10-8-6-4-2/h3-15H,1-2H3;13H,3-12H2,1-2H3,(H,16,17). The van der Waals surface area contributed by atoms with Gasteiger partial charge in [0.25, 0.3) is 0 Å². The first-order valence-electron chi connectivity index (χ1n) is 13.9. The summed E-state index contributed by atoms with van der Waals surface area (Å²) >= 11 is 0. The van der Waals surface area contributed by atoms with Gasteiger partial charge in [0.1, 0.15) is 0 Å². The van der Waals surface area contributed by atoms with Crippen LogP contribution in [0.5, 0.6) is 0 Å². The molecule has 2 nitrogen and oxygen atoms in total. The number of unbranched alkanes of at least 4 members (excludes halogenated alkanes) is 6. The number of nitrogens with zero attached hydrogens (tertiary/aromatic N) is 1. The molecule has 188 valence electrons. The highest BCUT2D eigenvalue weighted by Gasteiger charge is 2.14. The molecule has 3 heteroatoms. The van der Waals surface area contributed by atoms with Crippen molar-refractivity contribution in [3.8, 4) is 0 Å². The van der Waals surface area contributed by atoms with Crippen LogP contribution in [0, 0.1) is 5.92 Å². The molecule has 3 rings (SSSR count). The SMILES string of the molecule is CC(C)C=CB(c1ccccc1)c1ccccc1.CCCCCCc1nc[nH]c1CCCCCC. The van der Waals surface area contributed by atoms with Crippen LogP contribution in [0.3, 0.4) is 0 Å². The second-order valence-electron chi connectivity index (χ2n) is 9.88. The van der Waals surface area contributed by atoms with Gasteiger partial charge in [0.05, 0.1) is 12.0 Å². The fourth-order valence-electron chi connectivity index (χ4n) is 4.30. The van der Waals surface area contributed by atoms with E-state index in [2.05, 4.69) is 110 Å². The van der Waals surface area contributed by atoms with Gasteiger partial charge in [-0.2, -0.15) is 0 Å². The van der Waals surface area contributed by atoms with Crippen LogP contribution in [0.25, 0.3) is 0 Å². The first kappa shape index (κ1) is 28.7. The van der Waals surface area contributed by atoms with Gasteiger partial charge in [-0.25, -0.2) is 4.98 Å². The van der Waals surface area contributed by atoms with Crippen LogP contribution in [0.1, 0.15) is 90.4 Å². The molecule has 2 aromatic carbocycles. The molecule has 1 aromatic heterocycles. The van der Waals surface area contributed by atoms with Crippen LogP contribution in [0.2, 0.25) is 0 Å². The molecular weight excluding hydrogens is 423 g/mol. The molecule has 0 saturated heterocycles. The zero-order chi connectivity index (χ0) is 25.1. The van der Waals surface area contributed by atoms with Gasteiger partial charge in [-0.15, -0.1) is 5.98 Å². The lowest BCUT2D eigenvalue weighted by Crippen LogP contribution is -2.40. The predicted molar refractivity (Wildman–Crippen MR) is 156 cm³/mol. The molecule has 0 aliphatic carbocycles. The first-order chi connectivity index (χ1) is 17.2. The Hall–Kier alpha value is -2.55. The smallest absolute Gasteiger partial charge is 0.233 e. The summed E-state index contributed by atoms with van der Waals surface area (Å²) in [4.78, 5) is 7.77. The number of H-pyrrole nitrogens is 1. The largest absolute Gasteiger partial charge is 0.348 e. The number of rotatable bonds is 14. The average Bonchev–Trinajstić information content (AvgIpc) is 3.33. The maximum Gasteiger partial charge on any atom is 0.233 e. The van der Waals surface area contributed by atoms with Crippen molar-refractivity contribution in [2.24, 2.45) is 5.92 Å². The lowest BCUT2D eigenvalue weighted by atomic mass is 9.40. The van der Waals surface area contributed by atoms with E-state index in [-0.39, 0.29) is 0 Å². The van der Waals surface area contributed by atoms with Gasteiger partial charge in [-0.3, -0.25) is 0 Å². The monoisotopic (exact) mass is 470 g/mol. The maximum atomic E-state index is 4.46. The van der Waals surface area contributed by atoms with Crippen molar-refractivity contribution in [1.29, 1.82) is 0 Å². The lowest BCUT2D eigenvalue weighted by Gasteiger charge is -2.10. The lowest BCUT2D eigenvalue weighted by molar-refractivity contribution is 0.643. The van der Waals surface area contributed by atoms with E-state index < -0.39 is 0 Å². The van der Waals surface area contributed by atoms with Crippen LogP contribution < -0.4 is 10.9 Å². The molecule has 1 N–H and O–H groups in total. The quantitative estimate of drug-likeness (QED) is 0.190. The minimum absolute atomic E-state index is 0.356. The molecule has 35 heavy (non-hydrogen) atoms. The summed E-state index contributed by atoms with van der Waals surface area (Å²) in [5.41, 5.74) is 5.40. The van der Waals surface area contributed by atoms with Crippen LogP contribution in [-0.4, -0.2) is 16.7 Å². The Morgan fingerprint density at radius 1 is 0.743 bits per heavy atom. The van der Waals surface area contributed by atoms with Gasteiger partial charge >= 0.3 is 0 Å². The summed E-state index contributed by atoms with van der Waals surface area (Å²) in [7, 11) is 0. The third-order valence-electron chi connectivity index (χ3n) is 6.36. The molecule has 0 aliphatic rings. The molecule has 0 aliphatic heterocycles. The zero-order valence-electron chi connectivity index (χ0n) is 22.7. The molecule has 0 atom stereocenters. The van der Waals surface area contributed by atoms with Crippen molar-refractivity contribution in [2.45, 2.75) is 91.9 Å². The number of aromatic amines is 1. The van der Waals surface area contributed by atoms with Gasteiger partial charge in [-0.1, -0.05) is 144 Å². The fourth-order valence-corrected chi connectivity index (χ4v) is 4.30.